The van der Waals surface area contributed by atoms with Crippen molar-refractivity contribution in [1.29, 1.82) is 0 Å². The fourth-order valence-corrected chi connectivity index (χ4v) is 0.139. The quantitative estimate of drug-likeness (QED) is 0.362. The van der Waals surface area contributed by atoms with Crippen LogP contribution in [0.1, 0.15) is 0 Å². The highest BCUT2D eigenvalue weighted by molar-refractivity contribution is 4.50. The first kappa shape index (κ1) is 6.80. The molecule has 0 heterocycles. The van der Waals surface area contributed by atoms with Gasteiger partial charge in [0.1, 0.15) is 0 Å². The first-order chi connectivity index (χ1) is 3.31. The highest BCUT2D eigenvalue weighted by Crippen LogP contribution is 1.69. The van der Waals surface area contributed by atoms with Gasteiger partial charge in [-0.2, -0.15) is 7.05 Å². The Morgan fingerprint density at radius 3 is 2.57 bits per heavy atom. The number of hydrogen-bond acceptors (Lipinski definition) is 4. The fourth-order valence-electron chi connectivity index (χ4n) is 0.139. The fraction of sp³-hybridized carbons (Fsp3) is 1.00. The molecule has 0 rings (SSSR count). The zero-order valence-corrected chi connectivity index (χ0v) is 4.38. The highest BCUT2D eigenvalue weighted by atomic mass is 16.7. The summed E-state index contributed by atoms with van der Waals surface area (Å²) in [6, 6.07) is 0. The second-order valence-corrected chi connectivity index (χ2v) is 0.832. The highest BCUT2D eigenvalue weighted by Gasteiger charge is 1.77. The summed E-state index contributed by atoms with van der Waals surface area (Å²) in [4.78, 5) is 4.40. The summed E-state index contributed by atoms with van der Waals surface area (Å²) in [5.41, 5.74) is 5.74. The molecule has 0 aliphatic carbocycles. The van der Waals surface area contributed by atoms with Gasteiger partial charge in [0.05, 0.1) is 7.11 Å². The second kappa shape index (κ2) is 3.97. The normalized spacial score (nSPS) is 10.3. The van der Waals surface area contributed by atoms with E-state index in [1.807, 2.05) is 0 Å². The molecule has 3 N–H and O–H groups in total. The number of hydrogen-bond donors (Lipinski definition) is 2. The first-order valence-corrected chi connectivity index (χ1v) is 1.74. The molecule has 5 nitrogen and oxygen atoms in total. The minimum Gasteiger partial charge on any atom is -0.582 e. The molecule has 0 saturated heterocycles. The number of rotatable bonds is 3. The maximum atomic E-state index is 4.99. The van der Waals surface area contributed by atoms with Crippen molar-refractivity contribution in [2.75, 3.05) is 14.2 Å². The largest absolute Gasteiger partial charge is 0.582 e. The molecule has 0 radical (unpaired) electrons. The zero-order chi connectivity index (χ0) is 5.70. The molecule has 0 saturated carbocycles. The van der Waals surface area contributed by atoms with Crippen LogP contribution in [0.25, 0.3) is 5.43 Å². The number of nitrogens with zero attached hydrogens (tertiary/aromatic N) is 2. The summed E-state index contributed by atoms with van der Waals surface area (Å²) in [5, 5.41) is 0.889. The van der Waals surface area contributed by atoms with Gasteiger partial charge >= 0.3 is 0 Å². The van der Waals surface area contributed by atoms with Crippen LogP contribution in [0.3, 0.4) is 0 Å². The van der Waals surface area contributed by atoms with Crippen molar-refractivity contribution in [2.45, 2.75) is 0 Å². The van der Waals surface area contributed by atoms with E-state index in [0.29, 0.717) is 0 Å². The molecule has 0 bridgehead atoms. The molecule has 7 heavy (non-hydrogen) atoms. The summed E-state index contributed by atoms with van der Waals surface area (Å²) in [6.45, 7) is 0. The summed E-state index contributed by atoms with van der Waals surface area (Å²) in [7, 11) is 2.98. The van der Waals surface area contributed by atoms with Crippen molar-refractivity contribution in [2.24, 2.45) is 5.84 Å². The van der Waals surface area contributed by atoms with Gasteiger partial charge in [-0.15, -0.1) is 0 Å². The SMILES string of the molecule is C[N-]NN(N)OC. The molecule has 0 spiro atoms. The van der Waals surface area contributed by atoms with Gasteiger partial charge < -0.3 is 11.0 Å². The van der Waals surface area contributed by atoms with E-state index in [1.165, 1.54) is 7.11 Å². The molecule has 0 unspecified atom stereocenters. The summed E-state index contributed by atoms with van der Waals surface area (Å²) < 4.78 is 0. The van der Waals surface area contributed by atoms with E-state index in [2.05, 4.69) is 15.8 Å². The summed E-state index contributed by atoms with van der Waals surface area (Å²) in [5.74, 6) is 4.99. The Balaban J connectivity index is 2.83. The Kier molecular flexibility index (Phi) is 3.86. The topological polar surface area (TPSA) is 64.6 Å². The number of nitrogens with one attached hydrogen (secondary N) is 1. The van der Waals surface area contributed by atoms with E-state index in [1.54, 1.807) is 7.05 Å². The Labute approximate surface area is 42.3 Å². The third-order valence-corrected chi connectivity index (χ3v) is 0.395. The average molecular weight is 105 g/mol. The lowest BCUT2D eigenvalue weighted by atomic mass is 11.5. The molecule has 0 aromatic rings. The minimum absolute atomic E-state index is 0.889. The third kappa shape index (κ3) is 3.64. The summed E-state index contributed by atoms with van der Waals surface area (Å²) >= 11 is 0. The first-order valence-electron chi connectivity index (χ1n) is 1.74. The minimum atomic E-state index is 0.889. The van der Waals surface area contributed by atoms with Crippen LogP contribution in [0, 0.1) is 0 Å². The van der Waals surface area contributed by atoms with Crippen LogP contribution in [0.4, 0.5) is 0 Å². The lowest BCUT2D eigenvalue weighted by Gasteiger charge is -2.21. The third-order valence-electron chi connectivity index (χ3n) is 0.395. The molecular formula is C2H9N4O-. The van der Waals surface area contributed by atoms with Gasteiger partial charge in [0.15, 0.2) is 0 Å². The van der Waals surface area contributed by atoms with Crippen molar-refractivity contribution >= 4 is 0 Å². The molecule has 0 aliphatic heterocycles. The predicted molar refractivity (Wildman–Crippen MR) is 25.5 cm³/mol. The van der Waals surface area contributed by atoms with Crippen molar-refractivity contribution in [1.82, 2.24) is 10.8 Å². The van der Waals surface area contributed by atoms with Crippen molar-refractivity contribution in [3.8, 4) is 0 Å². The van der Waals surface area contributed by atoms with Crippen LogP contribution >= 0.6 is 0 Å². The number of nitrogens with two attached hydrogens (primary N) is 1. The summed E-state index contributed by atoms with van der Waals surface area (Å²) in [6.07, 6.45) is 0. The van der Waals surface area contributed by atoms with Crippen molar-refractivity contribution in [3.05, 3.63) is 5.43 Å². The maximum absolute atomic E-state index is 4.99. The van der Waals surface area contributed by atoms with Crippen LogP contribution < -0.4 is 11.4 Å². The van der Waals surface area contributed by atoms with Gasteiger partial charge in [-0.3, -0.25) is 4.84 Å². The smallest absolute Gasteiger partial charge is 0.0606 e. The Hall–Kier alpha value is -0.200. The van der Waals surface area contributed by atoms with Gasteiger partial charge in [-0.05, 0) is 0 Å². The molecule has 0 aliphatic rings. The monoisotopic (exact) mass is 105 g/mol. The Bertz CT molecular complexity index is 40.7. The van der Waals surface area contributed by atoms with Crippen LogP contribution in [0.2, 0.25) is 0 Å². The Morgan fingerprint density at radius 2 is 2.43 bits per heavy atom. The van der Waals surface area contributed by atoms with Gasteiger partial charge in [0.2, 0.25) is 0 Å². The van der Waals surface area contributed by atoms with Crippen molar-refractivity contribution < 1.29 is 4.84 Å². The van der Waals surface area contributed by atoms with Crippen LogP contribution in [0.5, 0.6) is 0 Å². The van der Waals surface area contributed by atoms with Crippen LogP contribution in [-0.2, 0) is 4.84 Å². The average Bonchev–Trinajstić information content (AvgIpc) is 1.68. The van der Waals surface area contributed by atoms with Gasteiger partial charge in [-0.1, -0.05) is 5.28 Å². The molecular weight excluding hydrogens is 96.0 g/mol. The standard InChI is InChI=1S/C2H9N4O/c1-4-5-6(3)7-2/h5H,3H2,1-2H3/q-1. The molecule has 0 aromatic carbocycles. The lowest BCUT2D eigenvalue weighted by Crippen LogP contribution is -2.39. The molecule has 5 heteroatoms. The second-order valence-electron chi connectivity index (χ2n) is 0.832. The molecule has 0 atom stereocenters. The van der Waals surface area contributed by atoms with E-state index >= 15 is 0 Å². The number of hydrazine groups is 2. The Morgan fingerprint density at radius 1 is 1.86 bits per heavy atom. The van der Waals surface area contributed by atoms with E-state index in [-0.39, 0.29) is 0 Å². The van der Waals surface area contributed by atoms with Crippen LogP contribution in [0.15, 0.2) is 0 Å². The van der Waals surface area contributed by atoms with Crippen molar-refractivity contribution in [3.63, 3.8) is 0 Å². The van der Waals surface area contributed by atoms with E-state index < -0.39 is 0 Å². The maximum Gasteiger partial charge on any atom is 0.0606 e. The lowest BCUT2D eigenvalue weighted by molar-refractivity contribution is -0.166. The predicted octanol–water partition coefficient (Wildman–Crippen LogP) is -0.853. The molecule has 0 fully saturated rings. The van der Waals surface area contributed by atoms with Gasteiger partial charge in [-0.25, -0.2) is 5.84 Å². The van der Waals surface area contributed by atoms with Crippen LogP contribution in [-0.4, -0.2) is 19.4 Å². The van der Waals surface area contributed by atoms with Gasteiger partial charge in [0.25, 0.3) is 0 Å². The molecule has 0 amide bonds. The zero-order valence-electron chi connectivity index (χ0n) is 4.38. The molecule has 44 valence electrons. The van der Waals surface area contributed by atoms with Gasteiger partial charge in [0, 0.05) is 0 Å². The van der Waals surface area contributed by atoms with E-state index in [0.717, 1.165) is 5.28 Å². The van der Waals surface area contributed by atoms with E-state index in [9.17, 15) is 0 Å². The molecule has 0 aromatic heterocycles. The van der Waals surface area contributed by atoms with E-state index in [4.69, 9.17) is 5.84 Å².